The van der Waals surface area contributed by atoms with Gasteiger partial charge in [0, 0.05) is 12.4 Å². The van der Waals surface area contributed by atoms with Gasteiger partial charge in [0.25, 0.3) is 0 Å². The number of urea groups is 1. The minimum absolute atomic E-state index is 0.224. The maximum Gasteiger partial charge on any atom is 0.316 e. The highest BCUT2D eigenvalue weighted by atomic mass is 35.5. The van der Waals surface area contributed by atoms with Crippen molar-refractivity contribution >= 4 is 17.6 Å². The molecule has 5 atom stereocenters. The minimum atomic E-state index is -1.52. The van der Waals surface area contributed by atoms with E-state index in [2.05, 4.69) is 10.6 Å². The highest BCUT2D eigenvalue weighted by Crippen LogP contribution is 2.19. The minimum Gasteiger partial charge on any atom is -0.394 e. The van der Waals surface area contributed by atoms with E-state index in [-0.39, 0.29) is 12.4 Å². The zero-order valence-electron chi connectivity index (χ0n) is 9.49. The van der Waals surface area contributed by atoms with Crippen LogP contribution in [0, 0.1) is 0 Å². The fraction of sp³-hybridized carbons (Fsp3) is 0.889. The fourth-order valence-electron chi connectivity index (χ4n) is 1.56. The SMILES string of the molecule is O=C(NCCCl)N[C@@H]1O[C@H](CO)[C@H](O)[C@H](O)[C@H]1O. The Labute approximate surface area is 109 Å². The molecule has 1 rings (SSSR count). The number of alkyl halides is 1. The Hall–Kier alpha value is -0.640. The molecule has 0 spiro atoms. The van der Waals surface area contributed by atoms with Gasteiger partial charge in [0.2, 0.25) is 0 Å². The molecule has 0 unspecified atom stereocenters. The van der Waals surface area contributed by atoms with Crippen molar-refractivity contribution in [3.63, 3.8) is 0 Å². The van der Waals surface area contributed by atoms with Crippen LogP contribution < -0.4 is 10.6 Å². The van der Waals surface area contributed by atoms with Crippen molar-refractivity contribution in [3.8, 4) is 0 Å². The first kappa shape index (κ1) is 15.4. The number of nitrogens with one attached hydrogen (secondary N) is 2. The zero-order chi connectivity index (χ0) is 13.7. The molecular formula is C9H17ClN2O6. The normalized spacial score (nSPS) is 36.2. The average molecular weight is 285 g/mol. The maximum absolute atomic E-state index is 11.3. The molecule has 0 aromatic rings. The molecule has 1 saturated heterocycles. The van der Waals surface area contributed by atoms with Crippen LogP contribution in [0.3, 0.4) is 0 Å². The summed E-state index contributed by atoms with van der Waals surface area (Å²) in [5.41, 5.74) is 0. The van der Waals surface area contributed by atoms with Gasteiger partial charge in [-0.2, -0.15) is 0 Å². The Bertz CT molecular complexity index is 280. The van der Waals surface area contributed by atoms with Crippen LogP contribution in [0.5, 0.6) is 0 Å². The molecule has 0 saturated carbocycles. The van der Waals surface area contributed by atoms with E-state index in [1.54, 1.807) is 0 Å². The molecule has 0 radical (unpaired) electrons. The number of hydrogen-bond donors (Lipinski definition) is 6. The van der Waals surface area contributed by atoms with Crippen LogP contribution in [0.4, 0.5) is 4.79 Å². The van der Waals surface area contributed by atoms with Crippen molar-refractivity contribution in [1.29, 1.82) is 0 Å². The topological polar surface area (TPSA) is 131 Å². The van der Waals surface area contributed by atoms with Gasteiger partial charge in [-0.25, -0.2) is 4.79 Å². The lowest BCUT2D eigenvalue weighted by atomic mass is 9.98. The monoisotopic (exact) mass is 284 g/mol. The highest BCUT2D eigenvalue weighted by Gasteiger charge is 2.43. The second kappa shape index (κ2) is 7.07. The number of aliphatic hydroxyl groups excluding tert-OH is 4. The van der Waals surface area contributed by atoms with E-state index in [9.17, 15) is 20.1 Å². The Morgan fingerprint density at radius 3 is 2.44 bits per heavy atom. The Morgan fingerprint density at radius 1 is 1.22 bits per heavy atom. The largest absolute Gasteiger partial charge is 0.394 e. The van der Waals surface area contributed by atoms with Gasteiger partial charge in [0.15, 0.2) is 6.23 Å². The van der Waals surface area contributed by atoms with E-state index < -0.39 is 43.3 Å². The molecule has 0 bridgehead atoms. The van der Waals surface area contributed by atoms with Crippen molar-refractivity contribution < 1.29 is 30.0 Å². The van der Waals surface area contributed by atoms with E-state index in [0.717, 1.165) is 0 Å². The van der Waals surface area contributed by atoms with E-state index in [4.69, 9.17) is 21.4 Å². The first-order chi connectivity index (χ1) is 8.51. The van der Waals surface area contributed by atoms with Gasteiger partial charge in [-0.3, -0.25) is 0 Å². The molecule has 0 aliphatic carbocycles. The second-order valence-corrected chi connectivity index (χ2v) is 4.22. The van der Waals surface area contributed by atoms with E-state index in [0.29, 0.717) is 0 Å². The number of amides is 2. The number of ether oxygens (including phenoxy) is 1. The number of rotatable bonds is 4. The quantitative estimate of drug-likeness (QED) is 0.312. The Balaban J connectivity index is 2.56. The number of carbonyl (C=O) groups excluding carboxylic acids is 1. The number of halogens is 1. The number of hydrogen-bond acceptors (Lipinski definition) is 6. The van der Waals surface area contributed by atoms with Gasteiger partial charge >= 0.3 is 6.03 Å². The summed E-state index contributed by atoms with van der Waals surface area (Å²) in [7, 11) is 0. The van der Waals surface area contributed by atoms with Gasteiger partial charge in [-0.1, -0.05) is 0 Å². The summed E-state index contributed by atoms with van der Waals surface area (Å²) in [6.45, 7) is -0.322. The lowest BCUT2D eigenvalue weighted by Crippen LogP contribution is -2.64. The molecule has 6 N–H and O–H groups in total. The lowest BCUT2D eigenvalue weighted by Gasteiger charge is -2.40. The number of aliphatic hydroxyl groups is 4. The van der Waals surface area contributed by atoms with Crippen molar-refractivity contribution in [2.75, 3.05) is 19.0 Å². The first-order valence-electron chi connectivity index (χ1n) is 5.42. The Morgan fingerprint density at radius 2 is 1.89 bits per heavy atom. The molecule has 1 aliphatic rings. The zero-order valence-corrected chi connectivity index (χ0v) is 10.2. The van der Waals surface area contributed by atoms with Gasteiger partial charge in [-0.05, 0) is 0 Å². The summed E-state index contributed by atoms with van der Waals surface area (Å²) in [4.78, 5) is 11.3. The lowest BCUT2D eigenvalue weighted by molar-refractivity contribution is -0.233. The fourth-order valence-corrected chi connectivity index (χ4v) is 1.66. The van der Waals surface area contributed by atoms with E-state index in [1.807, 2.05) is 0 Å². The Kier molecular flexibility index (Phi) is 6.06. The summed E-state index contributed by atoms with van der Waals surface area (Å²) in [5, 5.41) is 42.2. The maximum atomic E-state index is 11.3. The van der Waals surface area contributed by atoms with Crippen LogP contribution in [0.25, 0.3) is 0 Å². The molecular weight excluding hydrogens is 268 g/mol. The molecule has 0 aromatic carbocycles. The van der Waals surface area contributed by atoms with Crippen LogP contribution in [-0.2, 0) is 4.74 Å². The van der Waals surface area contributed by atoms with Crippen molar-refractivity contribution in [2.45, 2.75) is 30.6 Å². The third-order valence-corrected chi connectivity index (χ3v) is 2.73. The molecule has 9 heteroatoms. The van der Waals surface area contributed by atoms with Crippen LogP contribution in [0.15, 0.2) is 0 Å². The molecule has 18 heavy (non-hydrogen) atoms. The van der Waals surface area contributed by atoms with Crippen molar-refractivity contribution in [3.05, 3.63) is 0 Å². The third-order valence-electron chi connectivity index (χ3n) is 2.55. The van der Waals surface area contributed by atoms with Gasteiger partial charge < -0.3 is 35.8 Å². The molecule has 1 fully saturated rings. The summed E-state index contributed by atoms with van der Waals surface area (Å²) >= 11 is 5.38. The van der Waals surface area contributed by atoms with Gasteiger partial charge in [0.1, 0.15) is 24.4 Å². The molecule has 0 aromatic heterocycles. The standard InChI is InChI=1S/C9H17ClN2O6/c10-1-2-11-9(17)12-8-7(16)6(15)5(14)4(3-13)18-8/h4-8,13-16H,1-3H2,(H2,11,12,17)/t4-,5+,6+,7-,8-/m1/s1. The smallest absolute Gasteiger partial charge is 0.316 e. The first-order valence-corrected chi connectivity index (χ1v) is 5.95. The van der Waals surface area contributed by atoms with Crippen LogP contribution in [0.1, 0.15) is 0 Å². The molecule has 1 aliphatic heterocycles. The van der Waals surface area contributed by atoms with Gasteiger partial charge in [-0.15, -0.1) is 11.6 Å². The van der Waals surface area contributed by atoms with Crippen molar-refractivity contribution in [1.82, 2.24) is 10.6 Å². The van der Waals surface area contributed by atoms with Gasteiger partial charge in [0.05, 0.1) is 6.61 Å². The summed E-state index contributed by atoms with van der Waals surface area (Å²) in [6.07, 6.45) is -6.75. The van der Waals surface area contributed by atoms with Crippen LogP contribution in [-0.4, -0.2) is 76.1 Å². The average Bonchev–Trinajstić information content (AvgIpc) is 2.37. The predicted molar refractivity (Wildman–Crippen MR) is 61.0 cm³/mol. The van der Waals surface area contributed by atoms with Crippen molar-refractivity contribution in [2.24, 2.45) is 0 Å². The van der Waals surface area contributed by atoms with Crippen LogP contribution in [0.2, 0.25) is 0 Å². The molecule has 1 heterocycles. The molecule has 8 nitrogen and oxygen atoms in total. The summed E-state index contributed by atoms with van der Waals surface area (Å²) in [5.74, 6) is 0.224. The predicted octanol–water partition coefficient (Wildman–Crippen LogP) is -2.68. The van der Waals surface area contributed by atoms with E-state index in [1.165, 1.54) is 0 Å². The number of carbonyl (C=O) groups is 1. The summed E-state index contributed by atoms with van der Waals surface area (Å²) < 4.78 is 5.07. The molecule has 2 amide bonds. The highest BCUT2D eigenvalue weighted by molar-refractivity contribution is 6.18. The van der Waals surface area contributed by atoms with E-state index >= 15 is 0 Å². The summed E-state index contributed by atoms with van der Waals surface area (Å²) in [6, 6.07) is -0.639. The third kappa shape index (κ3) is 3.67. The molecule has 106 valence electrons. The van der Waals surface area contributed by atoms with Crippen LogP contribution >= 0.6 is 11.6 Å². The second-order valence-electron chi connectivity index (χ2n) is 3.84.